The average Bonchev–Trinajstić information content (AvgIpc) is 2.35. The second kappa shape index (κ2) is 6.12. The number of carbonyl (C=O) groups excluding carboxylic acids is 1. The van der Waals surface area contributed by atoms with Crippen LogP contribution in [0.15, 0.2) is 24.3 Å². The van der Waals surface area contributed by atoms with E-state index in [1.807, 2.05) is 25.1 Å². The molecule has 0 aliphatic carbocycles. The molecule has 1 aromatic rings. The van der Waals surface area contributed by atoms with Crippen LogP contribution in [0.4, 0.5) is 5.69 Å². The lowest BCUT2D eigenvalue weighted by Crippen LogP contribution is -2.37. The van der Waals surface area contributed by atoms with Gasteiger partial charge in [0, 0.05) is 12.7 Å². The predicted octanol–water partition coefficient (Wildman–Crippen LogP) is 1.23. The minimum Gasteiger partial charge on any atom is -0.394 e. The Morgan fingerprint density at radius 3 is 2.69 bits per heavy atom. The van der Waals surface area contributed by atoms with Crippen molar-refractivity contribution in [2.24, 2.45) is 0 Å². The van der Waals surface area contributed by atoms with Gasteiger partial charge in [-0.15, -0.1) is 0 Å². The minimum atomic E-state index is -0.183. The number of benzene rings is 1. The summed E-state index contributed by atoms with van der Waals surface area (Å²) in [5.74, 6) is -0.161. The maximum Gasteiger partial charge on any atom is 0.253 e. The Balaban J connectivity index is 2.79. The highest BCUT2D eigenvalue weighted by atomic mass is 16.3. The highest BCUT2D eigenvalue weighted by Crippen LogP contribution is 2.14. The number of para-hydroxylation sites is 1. The normalized spacial score (nSPS) is 11.9. The first-order chi connectivity index (χ1) is 7.72. The molecule has 0 aliphatic heterocycles. The van der Waals surface area contributed by atoms with E-state index in [1.54, 1.807) is 13.1 Å². The first kappa shape index (κ1) is 12.5. The van der Waals surface area contributed by atoms with E-state index in [0.717, 1.165) is 5.69 Å². The van der Waals surface area contributed by atoms with Crippen LogP contribution in [0, 0.1) is 0 Å². The van der Waals surface area contributed by atoms with Crippen LogP contribution in [-0.4, -0.2) is 30.7 Å². The van der Waals surface area contributed by atoms with Gasteiger partial charge in [-0.2, -0.15) is 0 Å². The van der Waals surface area contributed by atoms with Crippen molar-refractivity contribution in [2.75, 3.05) is 19.0 Å². The largest absolute Gasteiger partial charge is 0.394 e. The molecule has 16 heavy (non-hydrogen) atoms. The molecule has 1 atom stereocenters. The third kappa shape index (κ3) is 2.97. The SMILES string of the molecule is CC[C@@H](CO)NC(=O)c1ccccc1NC. The van der Waals surface area contributed by atoms with E-state index < -0.39 is 0 Å². The molecule has 0 bridgehead atoms. The molecule has 0 saturated heterocycles. The minimum absolute atomic E-state index is 0.0377. The number of nitrogens with one attached hydrogen (secondary N) is 2. The van der Waals surface area contributed by atoms with Gasteiger partial charge in [-0.1, -0.05) is 19.1 Å². The number of hydrogen-bond donors (Lipinski definition) is 3. The molecule has 4 heteroatoms. The summed E-state index contributed by atoms with van der Waals surface area (Å²) in [5, 5.41) is 14.8. The Hall–Kier alpha value is -1.55. The Kier molecular flexibility index (Phi) is 4.79. The van der Waals surface area contributed by atoms with Crippen molar-refractivity contribution in [1.82, 2.24) is 5.32 Å². The fourth-order valence-corrected chi connectivity index (χ4v) is 1.44. The van der Waals surface area contributed by atoms with Crippen molar-refractivity contribution >= 4 is 11.6 Å². The molecule has 0 fully saturated rings. The summed E-state index contributed by atoms with van der Waals surface area (Å²) in [6.45, 7) is 1.88. The van der Waals surface area contributed by atoms with Crippen molar-refractivity contribution in [3.05, 3.63) is 29.8 Å². The van der Waals surface area contributed by atoms with E-state index in [1.165, 1.54) is 0 Å². The van der Waals surface area contributed by atoms with Crippen molar-refractivity contribution in [3.8, 4) is 0 Å². The molecule has 1 amide bonds. The lowest BCUT2D eigenvalue weighted by Gasteiger charge is -2.15. The molecule has 0 spiro atoms. The van der Waals surface area contributed by atoms with E-state index >= 15 is 0 Å². The third-order valence-electron chi connectivity index (χ3n) is 2.49. The number of amides is 1. The second-order valence-electron chi connectivity index (χ2n) is 3.56. The molecule has 0 aromatic heterocycles. The average molecular weight is 222 g/mol. The molecule has 88 valence electrons. The molecule has 1 aromatic carbocycles. The molecule has 0 saturated carbocycles. The highest BCUT2D eigenvalue weighted by Gasteiger charge is 2.13. The monoisotopic (exact) mass is 222 g/mol. The fraction of sp³-hybridized carbons (Fsp3) is 0.417. The Labute approximate surface area is 95.7 Å². The van der Waals surface area contributed by atoms with Gasteiger partial charge >= 0.3 is 0 Å². The first-order valence-corrected chi connectivity index (χ1v) is 5.41. The van der Waals surface area contributed by atoms with Crippen LogP contribution < -0.4 is 10.6 Å². The zero-order valence-corrected chi connectivity index (χ0v) is 9.66. The zero-order valence-electron chi connectivity index (χ0n) is 9.66. The molecule has 3 N–H and O–H groups in total. The summed E-state index contributed by atoms with van der Waals surface area (Å²) in [4.78, 5) is 11.9. The van der Waals surface area contributed by atoms with Gasteiger partial charge in [-0.25, -0.2) is 0 Å². The van der Waals surface area contributed by atoms with Gasteiger partial charge in [0.25, 0.3) is 5.91 Å². The molecule has 1 rings (SSSR count). The highest BCUT2D eigenvalue weighted by molar-refractivity contribution is 5.99. The number of anilines is 1. The van der Waals surface area contributed by atoms with E-state index in [0.29, 0.717) is 12.0 Å². The standard InChI is InChI=1S/C12H18N2O2/c1-3-9(8-15)14-12(16)10-6-4-5-7-11(10)13-2/h4-7,9,13,15H,3,8H2,1-2H3,(H,14,16)/t9-/m0/s1. The van der Waals surface area contributed by atoms with E-state index in [-0.39, 0.29) is 18.6 Å². The van der Waals surface area contributed by atoms with Gasteiger partial charge in [0.1, 0.15) is 0 Å². The first-order valence-electron chi connectivity index (χ1n) is 5.41. The molecular formula is C12H18N2O2. The number of aliphatic hydroxyl groups is 1. The van der Waals surface area contributed by atoms with Crippen LogP contribution in [0.3, 0.4) is 0 Å². The molecule has 0 heterocycles. The van der Waals surface area contributed by atoms with E-state index in [2.05, 4.69) is 10.6 Å². The van der Waals surface area contributed by atoms with Crippen LogP contribution in [-0.2, 0) is 0 Å². The lowest BCUT2D eigenvalue weighted by molar-refractivity contribution is 0.0916. The topological polar surface area (TPSA) is 61.4 Å². The zero-order chi connectivity index (χ0) is 12.0. The Bertz CT molecular complexity index is 349. The van der Waals surface area contributed by atoms with Crippen molar-refractivity contribution in [1.29, 1.82) is 0 Å². The second-order valence-corrected chi connectivity index (χ2v) is 3.56. The van der Waals surface area contributed by atoms with Crippen LogP contribution in [0.5, 0.6) is 0 Å². The van der Waals surface area contributed by atoms with E-state index in [4.69, 9.17) is 5.11 Å². The van der Waals surface area contributed by atoms with Crippen molar-refractivity contribution in [2.45, 2.75) is 19.4 Å². The number of aliphatic hydroxyl groups excluding tert-OH is 1. The van der Waals surface area contributed by atoms with Gasteiger partial charge in [0.2, 0.25) is 0 Å². The third-order valence-corrected chi connectivity index (χ3v) is 2.49. The van der Waals surface area contributed by atoms with Crippen LogP contribution >= 0.6 is 0 Å². The van der Waals surface area contributed by atoms with Gasteiger partial charge in [-0.05, 0) is 18.6 Å². The van der Waals surface area contributed by atoms with Gasteiger partial charge in [0.05, 0.1) is 18.2 Å². The molecule has 4 nitrogen and oxygen atoms in total. The van der Waals surface area contributed by atoms with Crippen LogP contribution in [0.25, 0.3) is 0 Å². The Morgan fingerprint density at radius 1 is 1.44 bits per heavy atom. The summed E-state index contributed by atoms with van der Waals surface area (Å²) < 4.78 is 0. The summed E-state index contributed by atoms with van der Waals surface area (Å²) in [5.41, 5.74) is 1.38. The lowest BCUT2D eigenvalue weighted by atomic mass is 10.1. The molecular weight excluding hydrogens is 204 g/mol. The predicted molar refractivity (Wildman–Crippen MR) is 64.6 cm³/mol. The number of carbonyl (C=O) groups is 1. The smallest absolute Gasteiger partial charge is 0.253 e. The van der Waals surface area contributed by atoms with Crippen LogP contribution in [0.1, 0.15) is 23.7 Å². The summed E-state index contributed by atoms with van der Waals surface area (Å²) in [6, 6.07) is 7.10. The summed E-state index contributed by atoms with van der Waals surface area (Å²) in [7, 11) is 1.77. The van der Waals surface area contributed by atoms with E-state index in [9.17, 15) is 4.79 Å². The van der Waals surface area contributed by atoms with Crippen LogP contribution in [0.2, 0.25) is 0 Å². The van der Waals surface area contributed by atoms with Gasteiger partial charge in [-0.3, -0.25) is 4.79 Å². The fourth-order valence-electron chi connectivity index (χ4n) is 1.44. The summed E-state index contributed by atoms with van der Waals surface area (Å²) >= 11 is 0. The molecule has 0 unspecified atom stereocenters. The van der Waals surface area contributed by atoms with Crippen molar-refractivity contribution < 1.29 is 9.90 Å². The van der Waals surface area contributed by atoms with Gasteiger partial charge < -0.3 is 15.7 Å². The van der Waals surface area contributed by atoms with Gasteiger partial charge in [0.15, 0.2) is 0 Å². The maximum atomic E-state index is 11.9. The number of hydrogen-bond acceptors (Lipinski definition) is 3. The number of rotatable bonds is 5. The molecule has 0 radical (unpaired) electrons. The quantitative estimate of drug-likeness (QED) is 0.702. The Morgan fingerprint density at radius 2 is 2.12 bits per heavy atom. The maximum absolute atomic E-state index is 11.9. The molecule has 0 aliphatic rings. The summed E-state index contributed by atoms with van der Waals surface area (Å²) in [6.07, 6.45) is 0.712. The van der Waals surface area contributed by atoms with Crippen molar-refractivity contribution in [3.63, 3.8) is 0 Å².